The zero-order chi connectivity index (χ0) is 16.4. The fraction of sp³-hybridized carbons (Fsp3) is 0.125. The maximum Gasteiger partial charge on any atom is 0.261 e. The Labute approximate surface area is 140 Å². The molecular weight excluding hydrogens is 360 g/mol. The number of nitrogens with zero attached hydrogens (tertiary/aromatic N) is 3. The van der Waals surface area contributed by atoms with Gasteiger partial charge in [0.15, 0.2) is 0 Å². The van der Waals surface area contributed by atoms with E-state index in [1.165, 1.54) is 10.9 Å². The Morgan fingerprint density at radius 1 is 1.26 bits per heavy atom. The van der Waals surface area contributed by atoms with Crippen LogP contribution in [0.3, 0.4) is 0 Å². The molecule has 2 heterocycles. The molecule has 1 amide bonds. The van der Waals surface area contributed by atoms with E-state index in [0.29, 0.717) is 16.7 Å². The van der Waals surface area contributed by atoms with E-state index in [1.807, 2.05) is 13.0 Å². The number of benzene rings is 1. The van der Waals surface area contributed by atoms with Crippen molar-refractivity contribution in [3.05, 3.63) is 63.2 Å². The van der Waals surface area contributed by atoms with Crippen LogP contribution in [0.1, 0.15) is 5.56 Å². The first-order valence-electron chi connectivity index (χ1n) is 6.91. The van der Waals surface area contributed by atoms with Crippen molar-refractivity contribution in [3.8, 4) is 0 Å². The standard InChI is InChI=1S/C16H13BrN4O2/c1-10-3-2-4-12-15(10)19-9-21(16(12)23)8-14(22)20-13-6-5-11(17)7-18-13/h2-7,9H,8H2,1H3,(H,18,20,22). The minimum Gasteiger partial charge on any atom is -0.309 e. The smallest absolute Gasteiger partial charge is 0.261 e. The molecule has 0 saturated carbocycles. The van der Waals surface area contributed by atoms with Crippen LogP contribution in [0.15, 0.2) is 52.1 Å². The average molecular weight is 373 g/mol. The summed E-state index contributed by atoms with van der Waals surface area (Å²) in [5, 5.41) is 3.15. The van der Waals surface area contributed by atoms with Crippen LogP contribution in [-0.2, 0) is 11.3 Å². The number of aryl methyl sites for hydroxylation is 1. The van der Waals surface area contributed by atoms with E-state index < -0.39 is 0 Å². The minimum absolute atomic E-state index is 0.118. The first-order chi connectivity index (χ1) is 11.0. The summed E-state index contributed by atoms with van der Waals surface area (Å²) in [7, 11) is 0. The van der Waals surface area contributed by atoms with Gasteiger partial charge in [-0.2, -0.15) is 0 Å². The number of pyridine rings is 1. The number of carbonyl (C=O) groups is 1. The van der Waals surface area contributed by atoms with Crippen LogP contribution in [-0.4, -0.2) is 20.4 Å². The summed E-state index contributed by atoms with van der Waals surface area (Å²) in [5.41, 5.74) is 1.34. The monoisotopic (exact) mass is 372 g/mol. The Bertz CT molecular complexity index is 935. The van der Waals surface area contributed by atoms with E-state index in [0.717, 1.165) is 10.0 Å². The number of fused-ring (bicyclic) bond motifs is 1. The van der Waals surface area contributed by atoms with Gasteiger partial charge in [-0.1, -0.05) is 12.1 Å². The number of para-hydroxylation sites is 1. The first-order valence-corrected chi connectivity index (χ1v) is 7.70. The lowest BCUT2D eigenvalue weighted by Gasteiger charge is -2.08. The second kappa shape index (κ2) is 6.29. The molecule has 0 aliphatic carbocycles. The van der Waals surface area contributed by atoms with Crippen molar-refractivity contribution in [1.29, 1.82) is 0 Å². The van der Waals surface area contributed by atoms with Crippen LogP contribution >= 0.6 is 15.9 Å². The lowest BCUT2D eigenvalue weighted by Crippen LogP contribution is -2.28. The van der Waals surface area contributed by atoms with Crippen LogP contribution in [0.25, 0.3) is 10.9 Å². The highest BCUT2D eigenvalue weighted by Crippen LogP contribution is 2.12. The molecule has 23 heavy (non-hydrogen) atoms. The molecule has 7 heteroatoms. The summed E-state index contributed by atoms with van der Waals surface area (Å²) in [6.45, 7) is 1.78. The largest absolute Gasteiger partial charge is 0.309 e. The molecule has 0 atom stereocenters. The van der Waals surface area contributed by atoms with E-state index in [9.17, 15) is 9.59 Å². The fourth-order valence-electron chi connectivity index (χ4n) is 2.24. The number of nitrogens with one attached hydrogen (secondary N) is 1. The predicted octanol–water partition coefficient (Wildman–Crippen LogP) is 2.50. The van der Waals surface area contributed by atoms with Crippen LogP contribution in [0, 0.1) is 6.92 Å². The highest BCUT2D eigenvalue weighted by Gasteiger charge is 2.09. The van der Waals surface area contributed by atoms with Crippen LogP contribution in [0.5, 0.6) is 0 Å². The van der Waals surface area contributed by atoms with Gasteiger partial charge in [0.25, 0.3) is 5.56 Å². The van der Waals surface area contributed by atoms with Gasteiger partial charge in [-0.05, 0) is 46.6 Å². The molecule has 116 valence electrons. The van der Waals surface area contributed by atoms with Crippen molar-refractivity contribution in [2.45, 2.75) is 13.5 Å². The van der Waals surface area contributed by atoms with Gasteiger partial charge in [0, 0.05) is 10.7 Å². The molecule has 1 aromatic carbocycles. The predicted molar refractivity (Wildman–Crippen MR) is 91.3 cm³/mol. The van der Waals surface area contributed by atoms with Crippen LogP contribution < -0.4 is 10.9 Å². The summed E-state index contributed by atoms with van der Waals surface area (Å²) in [6.07, 6.45) is 2.98. The molecular formula is C16H13BrN4O2. The molecule has 3 aromatic rings. The molecule has 0 spiro atoms. The van der Waals surface area contributed by atoms with E-state index in [-0.39, 0.29) is 18.0 Å². The van der Waals surface area contributed by atoms with Crippen molar-refractivity contribution in [2.75, 3.05) is 5.32 Å². The van der Waals surface area contributed by atoms with Crippen molar-refractivity contribution in [1.82, 2.24) is 14.5 Å². The Morgan fingerprint density at radius 3 is 2.83 bits per heavy atom. The number of aromatic nitrogens is 3. The summed E-state index contributed by atoms with van der Waals surface area (Å²) >= 11 is 3.27. The molecule has 0 radical (unpaired) electrons. The molecule has 0 bridgehead atoms. The number of rotatable bonds is 3. The number of anilines is 1. The SMILES string of the molecule is Cc1cccc2c(=O)n(CC(=O)Nc3ccc(Br)cn3)cnc12. The van der Waals surface area contributed by atoms with Crippen molar-refractivity contribution < 1.29 is 4.79 Å². The minimum atomic E-state index is -0.337. The number of halogens is 1. The van der Waals surface area contributed by atoms with Gasteiger partial charge in [-0.3, -0.25) is 14.2 Å². The third-order valence-corrected chi connectivity index (χ3v) is 3.83. The second-order valence-electron chi connectivity index (χ2n) is 5.06. The van der Waals surface area contributed by atoms with Gasteiger partial charge in [0.2, 0.25) is 5.91 Å². The highest BCUT2D eigenvalue weighted by atomic mass is 79.9. The number of carbonyl (C=O) groups excluding carboxylic acids is 1. The Morgan fingerprint density at radius 2 is 2.09 bits per heavy atom. The molecule has 0 aliphatic rings. The number of hydrogen-bond acceptors (Lipinski definition) is 4. The Balaban J connectivity index is 1.84. The topological polar surface area (TPSA) is 76.9 Å². The first kappa shape index (κ1) is 15.4. The average Bonchev–Trinajstić information content (AvgIpc) is 2.53. The molecule has 0 fully saturated rings. The number of amides is 1. The van der Waals surface area contributed by atoms with Crippen molar-refractivity contribution >= 4 is 38.6 Å². The molecule has 0 saturated heterocycles. The summed E-state index contributed by atoms with van der Waals surface area (Å²) in [4.78, 5) is 32.8. The van der Waals surface area contributed by atoms with Gasteiger partial charge >= 0.3 is 0 Å². The lowest BCUT2D eigenvalue weighted by atomic mass is 10.1. The third kappa shape index (κ3) is 3.29. The third-order valence-electron chi connectivity index (χ3n) is 3.36. The van der Waals surface area contributed by atoms with Gasteiger partial charge in [0.05, 0.1) is 17.2 Å². The van der Waals surface area contributed by atoms with E-state index in [2.05, 4.69) is 31.2 Å². The van der Waals surface area contributed by atoms with Crippen molar-refractivity contribution in [3.63, 3.8) is 0 Å². The van der Waals surface area contributed by atoms with Gasteiger partial charge in [-0.15, -0.1) is 0 Å². The van der Waals surface area contributed by atoms with Crippen LogP contribution in [0.2, 0.25) is 0 Å². The van der Waals surface area contributed by atoms with E-state index in [4.69, 9.17) is 0 Å². The van der Waals surface area contributed by atoms with Gasteiger partial charge in [0.1, 0.15) is 12.4 Å². The fourth-order valence-corrected chi connectivity index (χ4v) is 2.47. The zero-order valence-corrected chi connectivity index (χ0v) is 13.9. The summed E-state index contributed by atoms with van der Waals surface area (Å²) < 4.78 is 2.11. The van der Waals surface area contributed by atoms with Crippen molar-refractivity contribution in [2.24, 2.45) is 0 Å². The molecule has 0 unspecified atom stereocenters. The molecule has 0 aliphatic heterocycles. The van der Waals surface area contributed by atoms with Gasteiger partial charge < -0.3 is 5.32 Å². The molecule has 2 aromatic heterocycles. The summed E-state index contributed by atoms with van der Waals surface area (Å²) in [6, 6.07) is 8.85. The van der Waals surface area contributed by atoms with E-state index in [1.54, 1.807) is 30.5 Å². The van der Waals surface area contributed by atoms with Crippen LogP contribution in [0.4, 0.5) is 5.82 Å². The quantitative estimate of drug-likeness (QED) is 0.766. The Hall–Kier alpha value is -2.54. The number of hydrogen-bond donors (Lipinski definition) is 1. The normalized spacial score (nSPS) is 10.7. The van der Waals surface area contributed by atoms with Gasteiger partial charge in [-0.25, -0.2) is 9.97 Å². The lowest BCUT2D eigenvalue weighted by molar-refractivity contribution is -0.116. The zero-order valence-electron chi connectivity index (χ0n) is 12.3. The molecule has 1 N–H and O–H groups in total. The highest BCUT2D eigenvalue weighted by molar-refractivity contribution is 9.10. The second-order valence-corrected chi connectivity index (χ2v) is 5.97. The Kier molecular flexibility index (Phi) is 4.20. The molecule has 6 nitrogen and oxygen atoms in total. The summed E-state index contributed by atoms with van der Waals surface area (Å²) in [5.74, 6) is 0.0894. The molecule has 3 rings (SSSR count). The van der Waals surface area contributed by atoms with E-state index >= 15 is 0 Å². The maximum absolute atomic E-state index is 12.4. The maximum atomic E-state index is 12.4.